The van der Waals surface area contributed by atoms with Gasteiger partial charge in [0, 0.05) is 17.8 Å². The van der Waals surface area contributed by atoms with Crippen LogP contribution in [0.2, 0.25) is 0 Å². The molecular formula is C16H18ClNO. The van der Waals surface area contributed by atoms with Gasteiger partial charge in [0.1, 0.15) is 5.75 Å². The van der Waals surface area contributed by atoms with Crippen LogP contribution in [0.5, 0.6) is 5.75 Å². The van der Waals surface area contributed by atoms with Gasteiger partial charge in [0.2, 0.25) is 0 Å². The number of ether oxygens (including phenoxy) is 1. The van der Waals surface area contributed by atoms with Crippen molar-refractivity contribution in [3.05, 3.63) is 59.9 Å². The summed E-state index contributed by atoms with van der Waals surface area (Å²) in [5.74, 6) is 0.892. The van der Waals surface area contributed by atoms with Crippen LogP contribution in [-0.4, -0.2) is 17.5 Å². The fourth-order valence-corrected chi connectivity index (χ4v) is 2.28. The van der Waals surface area contributed by atoms with Crippen LogP contribution in [0.4, 0.5) is 0 Å². The van der Waals surface area contributed by atoms with Crippen molar-refractivity contribution in [2.45, 2.75) is 24.6 Å². The Morgan fingerprint density at radius 2 is 1.74 bits per heavy atom. The summed E-state index contributed by atoms with van der Waals surface area (Å²) < 4.78 is 5.14. The van der Waals surface area contributed by atoms with Gasteiger partial charge in [0.05, 0.1) is 7.11 Å². The highest BCUT2D eigenvalue weighted by Gasteiger charge is 2.06. The molecule has 0 aliphatic carbocycles. The molecule has 0 aliphatic rings. The van der Waals surface area contributed by atoms with Crippen molar-refractivity contribution in [1.82, 2.24) is 4.98 Å². The molecule has 19 heavy (non-hydrogen) atoms. The largest absolute Gasteiger partial charge is 0.497 e. The first-order valence-corrected chi connectivity index (χ1v) is 6.87. The summed E-state index contributed by atoms with van der Waals surface area (Å²) in [6, 6.07) is 12.2. The van der Waals surface area contributed by atoms with Gasteiger partial charge in [-0.05, 0) is 54.7 Å². The predicted molar refractivity (Wildman–Crippen MR) is 78.9 cm³/mol. The van der Waals surface area contributed by atoms with Gasteiger partial charge in [-0.1, -0.05) is 12.1 Å². The van der Waals surface area contributed by atoms with Crippen molar-refractivity contribution in [3.63, 3.8) is 0 Å². The summed E-state index contributed by atoms with van der Waals surface area (Å²) in [5, 5.41) is 0.157. The molecule has 0 N–H and O–H groups in total. The zero-order valence-electron chi connectivity index (χ0n) is 11.1. The van der Waals surface area contributed by atoms with Gasteiger partial charge >= 0.3 is 0 Å². The molecule has 1 aromatic carbocycles. The molecule has 0 saturated carbocycles. The number of nitrogens with zero attached hydrogens (tertiary/aromatic N) is 1. The molecule has 0 bridgehead atoms. The van der Waals surface area contributed by atoms with Crippen LogP contribution in [0, 0.1) is 0 Å². The van der Waals surface area contributed by atoms with Gasteiger partial charge in [0.25, 0.3) is 0 Å². The second-order valence-electron chi connectivity index (χ2n) is 4.54. The van der Waals surface area contributed by atoms with Crippen molar-refractivity contribution < 1.29 is 4.74 Å². The van der Waals surface area contributed by atoms with E-state index in [9.17, 15) is 0 Å². The Hall–Kier alpha value is -1.54. The number of pyridine rings is 1. The van der Waals surface area contributed by atoms with Crippen LogP contribution in [0.3, 0.4) is 0 Å². The van der Waals surface area contributed by atoms with Gasteiger partial charge in [-0.2, -0.15) is 0 Å². The third kappa shape index (κ3) is 4.56. The molecule has 0 amide bonds. The van der Waals surface area contributed by atoms with Crippen LogP contribution >= 0.6 is 11.6 Å². The average Bonchev–Trinajstić information content (AvgIpc) is 2.47. The summed E-state index contributed by atoms with van der Waals surface area (Å²) in [6.07, 6.45) is 6.46. The van der Waals surface area contributed by atoms with Gasteiger partial charge in [-0.25, -0.2) is 0 Å². The molecule has 100 valence electrons. The van der Waals surface area contributed by atoms with E-state index in [0.717, 1.165) is 25.0 Å². The number of alkyl halides is 1. The lowest BCUT2D eigenvalue weighted by Gasteiger charge is -2.09. The Bertz CT molecular complexity index is 484. The van der Waals surface area contributed by atoms with Gasteiger partial charge < -0.3 is 4.74 Å². The highest BCUT2D eigenvalue weighted by Crippen LogP contribution is 2.16. The fourth-order valence-electron chi connectivity index (χ4n) is 1.99. The lowest BCUT2D eigenvalue weighted by Crippen LogP contribution is -2.05. The third-order valence-corrected chi connectivity index (χ3v) is 3.48. The van der Waals surface area contributed by atoms with E-state index >= 15 is 0 Å². The molecule has 0 spiro atoms. The Morgan fingerprint density at radius 1 is 1.05 bits per heavy atom. The van der Waals surface area contributed by atoms with Crippen molar-refractivity contribution in [3.8, 4) is 5.75 Å². The molecular weight excluding hydrogens is 258 g/mol. The summed E-state index contributed by atoms with van der Waals surface area (Å²) in [6.45, 7) is 0. The standard InChI is InChI=1S/C16H18ClNO/c1-19-16-6-3-13(4-7-16)2-5-15(17)12-14-8-10-18-11-9-14/h3-4,6-11,15H,2,5,12H2,1H3. The Morgan fingerprint density at radius 3 is 2.37 bits per heavy atom. The number of rotatable bonds is 6. The number of aromatic nitrogens is 1. The quantitative estimate of drug-likeness (QED) is 0.747. The van der Waals surface area contributed by atoms with Crippen LogP contribution in [0.1, 0.15) is 17.5 Å². The second kappa shape index (κ2) is 7.15. The van der Waals surface area contributed by atoms with Crippen LogP contribution < -0.4 is 4.74 Å². The average molecular weight is 276 g/mol. The van der Waals surface area contributed by atoms with E-state index in [4.69, 9.17) is 16.3 Å². The molecule has 2 nitrogen and oxygen atoms in total. The number of benzene rings is 1. The fraction of sp³-hybridized carbons (Fsp3) is 0.312. The summed E-state index contributed by atoms with van der Waals surface area (Å²) in [5.41, 5.74) is 2.53. The minimum Gasteiger partial charge on any atom is -0.497 e. The Balaban J connectivity index is 1.81. The van der Waals surface area contributed by atoms with E-state index in [2.05, 4.69) is 17.1 Å². The van der Waals surface area contributed by atoms with E-state index in [1.165, 1.54) is 11.1 Å². The topological polar surface area (TPSA) is 22.1 Å². The smallest absolute Gasteiger partial charge is 0.118 e. The molecule has 0 radical (unpaired) electrons. The molecule has 1 atom stereocenters. The van der Waals surface area contributed by atoms with Gasteiger partial charge in [-0.3, -0.25) is 4.98 Å². The SMILES string of the molecule is COc1ccc(CCC(Cl)Cc2ccncc2)cc1. The number of methoxy groups -OCH3 is 1. The van der Waals surface area contributed by atoms with Crippen molar-refractivity contribution in [2.24, 2.45) is 0 Å². The molecule has 2 rings (SSSR count). The third-order valence-electron chi connectivity index (χ3n) is 3.11. The number of hydrogen-bond acceptors (Lipinski definition) is 2. The van der Waals surface area contributed by atoms with E-state index in [1.54, 1.807) is 7.11 Å². The maximum atomic E-state index is 6.38. The normalized spacial score (nSPS) is 12.1. The summed E-state index contributed by atoms with van der Waals surface area (Å²) in [7, 11) is 1.68. The maximum absolute atomic E-state index is 6.38. The highest BCUT2D eigenvalue weighted by atomic mass is 35.5. The molecule has 2 aromatic rings. The van der Waals surface area contributed by atoms with Crippen LogP contribution in [-0.2, 0) is 12.8 Å². The Labute approximate surface area is 119 Å². The molecule has 1 unspecified atom stereocenters. The van der Waals surface area contributed by atoms with E-state index in [0.29, 0.717) is 0 Å². The van der Waals surface area contributed by atoms with Gasteiger partial charge in [0.15, 0.2) is 0 Å². The minimum absolute atomic E-state index is 0.157. The molecule has 3 heteroatoms. The van der Waals surface area contributed by atoms with Crippen molar-refractivity contribution in [2.75, 3.05) is 7.11 Å². The van der Waals surface area contributed by atoms with E-state index in [1.807, 2.05) is 36.7 Å². The van der Waals surface area contributed by atoms with Crippen molar-refractivity contribution >= 4 is 11.6 Å². The zero-order valence-corrected chi connectivity index (χ0v) is 11.8. The monoisotopic (exact) mass is 275 g/mol. The first kappa shape index (κ1) is 13.9. The summed E-state index contributed by atoms with van der Waals surface area (Å²) >= 11 is 6.38. The van der Waals surface area contributed by atoms with Gasteiger partial charge in [-0.15, -0.1) is 11.6 Å². The van der Waals surface area contributed by atoms with Crippen molar-refractivity contribution in [1.29, 1.82) is 0 Å². The molecule has 0 saturated heterocycles. The molecule has 1 aromatic heterocycles. The molecule has 0 fully saturated rings. The lowest BCUT2D eigenvalue weighted by molar-refractivity contribution is 0.414. The predicted octanol–water partition coefficient (Wildman–Crippen LogP) is 3.87. The van der Waals surface area contributed by atoms with Crippen LogP contribution in [0.15, 0.2) is 48.8 Å². The Kier molecular flexibility index (Phi) is 5.22. The maximum Gasteiger partial charge on any atom is 0.118 e. The number of hydrogen-bond donors (Lipinski definition) is 0. The lowest BCUT2D eigenvalue weighted by atomic mass is 10.0. The molecule has 0 aliphatic heterocycles. The summed E-state index contributed by atoms with van der Waals surface area (Å²) in [4.78, 5) is 4.01. The highest BCUT2D eigenvalue weighted by molar-refractivity contribution is 6.20. The van der Waals surface area contributed by atoms with E-state index in [-0.39, 0.29) is 5.38 Å². The zero-order chi connectivity index (χ0) is 13.5. The van der Waals surface area contributed by atoms with E-state index < -0.39 is 0 Å². The second-order valence-corrected chi connectivity index (χ2v) is 5.16. The molecule has 1 heterocycles. The first-order chi connectivity index (χ1) is 9.28. The van der Waals surface area contributed by atoms with Crippen LogP contribution in [0.25, 0.3) is 0 Å². The first-order valence-electron chi connectivity index (χ1n) is 6.44. The minimum atomic E-state index is 0.157. The number of aryl methyl sites for hydroxylation is 1. The number of halogens is 1.